The molecule has 3 heteroatoms. The van der Waals surface area contributed by atoms with E-state index >= 15 is 0 Å². The zero-order valence-electron chi connectivity index (χ0n) is 12.2. The smallest absolute Gasteiger partial charge is 0.258 e. The zero-order valence-corrected chi connectivity index (χ0v) is 12.2. The van der Waals surface area contributed by atoms with Crippen LogP contribution in [0, 0.1) is 6.92 Å². The number of aryl methyl sites for hydroxylation is 1. The summed E-state index contributed by atoms with van der Waals surface area (Å²) < 4.78 is 5.67. The standard InChI is InChI=1S/C18H17NO2/c1-13-17(15-10-6-7-11-16(15)21-13)18(20)19(2)12-14-8-4-3-5-9-14/h3-11H,12H2,1-2H3. The minimum Gasteiger partial charge on any atom is -0.461 e. The third-order valence-electron chi connectivity index (χ3n) is 3.59. The number of benzene rings is 2. The van der Waals surface area contributed by atoms with Crippen LogP contribution in [-0.2, 0) is 6.54 Å². The Labute approximate surface area is 123 Å². The molecule has 0 unspecified atom stereocenters. The van der Waals surface area contributed by atoms with Gasteiger partial charge in [0.05, 0.1) is 5.56 Å². The van der Waals surface area contributed by atoms with Gasteiger partial charge in [0.15, 0.2) is 0 Å². The highest BCUT2D eigenvalue weighted by atomic mass is 16.3. The van der Waals surface area contributed by atoms with Crippen LogP contribution in [0.3, 0.4) is 0 Å². The van der Waals surface area contributed by atoms with Crippen molar-refractivity contribution in [2.75, 3.05) is 7.05 Å². The van der Waals surface area contributed by atoms with E-state index in [1.807, 2.05) is 68.6 Å². The first-order valence-electron chi connectivity index (χ1n) is 6.94. The van der Waals surface area contributed by atoms with E-state index in [4.69, 9.17) is 4.42 Å². The molecule has 0 radical (unpaired) electrons. The number of amides is 1. The molecular formula is C18H17NO2. The summed E-state index contributed by atoms with van der Waals surface area (Å²) in [6, 6.07) is 17.6. The number of furan rings is 1. The second-order valence-corrected chi connectivity index (χ2v) is 5.18. The van der Waals surface area contributed by atoms with E-state index in [9.17, 15) is 4.79 Å². The number of carbonyl (C=O) groups is 1. The highest BCUT2D eigenvalue weighted by Crippen LogP contribution is 2.26. The van der Waals surface area contributed by atoms with E-state index in [-0.39, 0.29) is 5.91 Å². The number of para-hydroxylation sites is 1. The Morgan fingerprint density at radius 1 is 1.05 bits per heavy atom. The summed E-state index contributed by atoms with van der Waals surface area (Å²) in [4.78, 5) is 14.4. The first-order chi connectivity index (χ1) is 10.2. The molecule has 0 bridgehead atoms. The van der Waals surface area contributed by atoms with Crippen LogP contribution in [0.5, 0.6) is 0 Å². The van der Waals surface area contributed by atoms with Crippen molar-refractivity contribution in [1.29, 1.82) is 0 Å². The molecule has 0 saturated heterocycles. The molecule has 0 fully saturated rings. The van der Waals surface area contributed by atoms with Gasteiger partial charge in [0, 0.05) is 19.0 Å². The average molecular weight is 279 g/mol. The Morgan fingerprint density at radius 3 is 2.48 bits per heavy atom. The monoisotopic (exact) mass is 279 g/mol. The Hall–Kier alpha value is -2.55. The average Bonchev–Trinajstić information content (AvgIpc) is 2.83. The zero-order chi connectivity index (χ0) is 14.8. The molecule has 1 heterocycles. The lowest BCUT2D eigenvalue weighted by Gasteiger charge is -2.17. The van der Waals surface area contributed by atoms with E-state index in [0.717, 1.165) is 16.5 Å². The first-order valence-corrected chi connectivity index (χ1v) is 6.94. The minimum atomic E-state index is -0.0127. The molecule has 0 spiro atoms. The summed E-state index contributed by atoms with van der Waals surface area (Å²) in [5.74, 6) is 0.655. The highest BCUT2D eigenvalue weighted by molar-refractivity contribution is 6.07. The fraction of sp³-hybridized carbons (Fsp3) is 0.167. The number of carbonyl (C=O) groups excluding carboxylic acids is 1. The molecular weight excluding hydrogens is 262 g/mol. The second-order valence-electron chi connectivity index (χ2n) is 5.18. The molecule has 106 valence electrons. The van der Waals surface area contributed by atoms with E-state index in [2.05, 4.69) is 0 Å². The van der Waals surface area contributed by atoms with Gasteiger partial charge in [0.25, 0.3) is 5.91 Å². The van der Waals surface area contributed by atoms with Crippen molar-refractivity contribution in [3.05, 3.63) is 71.5 Å². The van der Waals surface area contributed by atoms with Gasteiger partial charge in [0.1, 0.15) is 11.3 Å². The van der Waals surface area contributed by atoms with Crippen LogP contribution >= 0.6 is 0 Å². The topological polar surface area (TPSA) is 33.5 Å². The van der Waals surface area contributed by atoms with Crippen molar-refractivity contribution in [2.45, 2.75) is 13.5 Å². The molecule has 21 heavy (non-hydrogen) atoms. The number of rotatable bonds is 3. The summed E-state index contributed by atoms with van der Waals surface area (Å²) in [6.45, 7) is 2.42. The third kappa shape index (κ3) is 2.55. The molecule has 0 saturated carbocycles. The molecule has 3 aromatic rings. The Balaban J connectivity index is 1.91. The van der Waals surface area contributed by atoms with Gasteiger partial charge in [-0.05, 0) is 18.6 Å². The molecule has 0 aliphatic heterocycles. The predicted octanol–water partition coefficient (Wildman–Crippen LogP) is 4.01. The largest absolute Gasteiger partial charge is 0.461 e. The van der Waals surface area contributed by atoms with E-state index < -0.39 is 0 Å². The summed E-state index contributed by atoms with van der Waals surface area (Å²) in [5, 5.41) is 0.875. The van der Waals surface area contributed by atoms with Gasteiger partial charge in [-0.2, -0.15) is 0 Å². The molecule has 0 aliphatic carbocycles. The molecule has 0 N–H and O–H groups in total. The Kier molecular flexibility index (Phi) is 3.48. The lowest BCUT2D eigenvalue weighted by atomic mass is 10.1. The molecule has 0 aliphatic rings. The van der Waals surface area contributed by atoms with Gasteiger partial charge in [-0.1, -0.05) is 48.5 Å². The minimum absolute atomic E-state index is 0.0127. The highest BCUT2D eigenvalue weighted by Gasteiger charge is 2.21. The van der Waals surface area contributed by atoms with Crippen LogP contribution in [0.4, 0.5) is 0 Å². The van der Waals surface area contributed by atoms with Crippen LogP contribution in [-0.4, -0.2) is 17.9 Å². The molecule has 1 amide bonds. The number of fused-ring (bicyclic) bond motifs is 1. The van der Waals surface area contributed by atoms with E-state index in [0.29, 0.717) is 17.9 Å². The van der Waals surface area contributed by atoms with Crippen molar-refractivity contribution in [3.8, 4) is 0 Å². The van der Waals surface area contributed by atoms with Crippen molar-refractivity contribution in [3.63, 3.8) is 0 Å². The maximum Gasteiger partial charge on any atom is 0.258 e. The van der Waals surface area contributed by atoms with Gasteiger partial charge >= 0.3 is 0 Å². The van der Waals surface area contributed by atoms with Gasteiger partial charge in [-0.15, -0.1) is 0 Å². The third-order valence-corrected chi connectivity index (χ3v) is 3.59. The van der Waals surface area contributed by atoms with Gasteiger partial charge in [0.2, 0.25) is 0 Å². The van der Waals surface area contributed by atoms with Gasteiger partial charge in [-0.3, -0.25) is 4.79 Å². The SMILES string of the molecule is Cc1oc2ccccc2c1C(=O)N(C)Cc1ccccc1. The lowest BCUT2D eigenvalue weighted by Crippen LogP contribution is -2.26. The van der Waals surface area contributed by atoms with Crippen LogP contribution in [0.25, 0.3) is 11.0 Å². The predicted molar refractivity (Wildman–Crippen MR) is 83.2 cm³/mol. The fourth-order valence-electron chi connectivity index (χ4n) is 2.55. The van der Waals surface area contributed by atoms with Gasteiger partial charge < -0.3 is 9.32 Å². The summed E-state index contributed by atoms with van der Waals surface area (Å²) in [7, 11) is 1.82. The first kappa shape index (κ1) is 13.4. The summed E-state index contributed by atoms with van der Waals surface area (Å²) >= 11 is 0. The molecule has 0 atom stereocenters. The van der Waals surface area contributed by atoms with Gasteiger partial charge in [-0.25, -0.2) is 0 Å². The lowest BCUT2D eigenvalue weighted by molar-refractivity contribution is 0.0785. The molecule has 3 rings (SSSR count). The Bertz CT molecular complexity index is 774. The summed E-state index contributed by atoms with van der Waals surface area (Å²) in [5.41, 5.74) is 2.52. The number of nitrogens with zero attached hydrogens (tertiary/aromatic N) is 1. The summed E-state index contributed by atoms with van der Waals surface area (Å²) in [6.07, 6.45) is 0. The van der Waals surface area contributed by atoms with E-state index in [1.54, 1.807) is 4.90 Å². The van der Waals surface area contributed by atoms with E-state index in [1.165, 1.54) is 0 Å². The normalized spacial score (nSPS) is 10.8. The van der Waals surface area contributed by atoms with Crippen molar-refractivity contribution < 1.29 is 9.21 Å². The number of hydrogen-bond acceptors (Lipinski definition) is 2. The number of hydrogen-bond donors (Lipinski definition) is 0. The maximum absolute atomic E-state index is 12.7. The maximum atomic E-state index is 12.7. The van der Waals surface area contributed by atoms with Crippen LogP contribution in [0.15, 0.2) is 59.0 Å². The van der Waals surface area contributed by atoms with Crippen LogP contribution in [0.2, 0.25) is 0 Å². The quantitative estimate of drug-likeness (QED) is 0.725. The van der Waals surface area contributed by atoms with Crippen LogP contribution < -0.4 is 0 Å². The second kappa shape index (κ2) is 5.44. The van der Waals surface area contributed by atoms with Crippen molar-refractivity contribution in [1.82, 2.24) is 4.90 Å². The van der Waals surface area contributed by atoms with Crippen molar-refractivity contribution >= 4 is 16.9 Å². The molecule has 2 aromatic carbocycles. The Morgan fingerprint density at radius 2 is 1.71 bits per heavy atom. The van der Waals surface area contributed by atoms with Crippen molar-refractivity contribution in [2.24, 2.45) is 0 Å². The van der Waals surface area contributed by atoms with Crippen LogP contribution in [0.1, 0.15) is 21.7 Å². The fourth-order valence-corrected chi connectivity index (χ4v) is 2.55. The molecule has 1 aromatic heterocycles. The molecule has 3 nitrogen and oxygen atoms in total.